The van der Waals surface area contributed by atoms with Crippen LogP contribution in [0.2, 0.25) is 0 Å². The number of hydrogen-bond acceptors (Lipinski definition) is 3. The van der Waals surface area contributed by atoms with Crippen LogP contribution in [0.5, 0.6) is 0 Å². The fourth-order valence-electron chi connectivity index (χ4n) is 2.49. The Morgan fingerprint density at radius 3 is 2.95 bits per heavy atom. The van der Waals surface area contributed by atoms with E-state index in [1.165, 1.54) is 6.08 Å². The minimum Gasteiger partial charge on any atom is -0.352 e. The van der Waals surface area contributed by atoms with E-state index in [9.17, 15) is 9.59 Å². The molecular weight excluding hydrogens is 244 g/mol. The number of rotatable bonds is 4. The Morgan fingerprint density at radius 2 is 2.37 bits per heavy atom. The minimum atomic E-state index is -0.222. The van der Waals surface area contributed by atoms with Gasteiger partial charge in [-0.1, -0.05) is 6.58 Å². The highest BCUT2D eigenvalue weighted by atomic mass is 16.2. The third-order valence-electron chi connectivity index (χ3n) is 3.54. The van der Waals surface area contributed by atoms with E-state index in [0.29, 0.717) is 13.0 Å². The van der Waals surface area contributed by atoms with Gasteiger partial charge in [-0.3, -0.25) is 9.59 Å². The van der Waals surface area contributed by atoms with Gasteiger partial charge < -0.3 is 14.8 Å². The van der Waals surface area contributed by atoms with Crippen LogP contribution in [0.3, 0.4) is 0 Å². The molecule has 1 aromatic heterocycles. The molecule has 1 aliphatic heterocycles. The Labute approximate surface area is 112 Å². The molecule has 2 rings (SSSR count). The maximum atomic E-state index is 11.9. The molecule has 0 saturated carbocycles. The second-order valence-electron chi connectivity index (χ2n) is 4.76. The lowest BCUT2D eigenvalue weighted by Gasteiger charge is -2.24. The first-order chi connectivity index (χ1) is 9.04. The van der Waals surface area contributed by atoms with E-state index in [2.05, 4.69) is 16.9 Å². The molecule has 1 N–H and O–H groups in total. The molecule has 2 atom stereocenters. The highest BCUT2D eigenvalue weighted by Crippen LogP contribution is 2.35. The van der Waals surface area contributed by atoms with Crippen molar-refractivity contribution in [3.63, 3.8) is 0 Å². The van der Waals surface area contributed by atoms with Crippen LogP contribution < -0.4 is 5.32 Å². The van der Waals surface area contributed by atoms with E-state index < -0.39 is 0 Å². The summed E-state index contributed by atoms with van der Waals surface area (Å²) in [6, 6.07) is -0.0994. The highest BCUT2D eigenvalue weighted by Gasteiger charge is 2.40. The molecule has 19 heavy (non-hydrogen) atoms. The summed E-state index contributed by atoms with van der Waals surface area (Å²) >= 11 is 0. The zero-order chi connectivity index (χ0) is 14.0. The number of aromatic nitrogens is 2. The van der Waals surface area contributed by atoms with Crippen molar-refractivity contribution in [2.45, 2.75) is 12.5 Å². The van der Waals surface area contributed by atoms with Crippen molar-refractivity contribution in [2.24, 2.45) is 13.0 Å². The van der Waals surface area contributed by atoms with Gasteiger partial charge in [-0.25, -0.2) is 4.98 Å². The van der Waals surface area contributed by atoms with Crippen LogP contribution in [0.15, 0.2) is 25.0 Å². The number of nitrogens with zero attached hydrogens (tertiary/aromatic N) is 3. The largest absolute Gasteiger partial charge is 0.352 e. The molecule has 0 aromatic carbocycles. The highest BCUT2D eigenvalue weighted by molar-refractivity contribution is 5.87. The van der Waals surface area contributed by atoms with Crippen molar-refractivity contribution in [2.75, 3.05) is 13.6 Å². The SMILES string of the molecule is C=CC(=O)NC[C@H]1CC(=O)N(C)[C@@H]1c1nccn1C. The van der Waals surface area contributed by atoms with E-state index >= 15 is 0 Å². The van der Waals surface area contributed by atoms with Gasteiger partial charge in [0.1, 0.15) is 5.82 Å². The van der Waals surface area contributed by atoms with Gasteiger partial charge in [-0.2, -0.15) is 0 Å². The maximum Gasteiger partial charge on any atom is 0.243 e. The molecule has 6 nitrogen and oxygen atoms in total. The molecule has 0 spiro atoms. The Bertz CT molecular complexity index is 508. The van der Waals surface area contributed by atoms with Crippen LogP contribution in [0.1, 0.15) is 18.3 Å². The number of carbonyl (C=O) groups excluding carboxylic acids is 2. The number of likely N-dealkylation sites (tertiary alicyclic amines) is 1. The summed E-state index contributed by atoms with van der Waals surface area (Å²) in [4.78, 5) is 29.1. The predicted octanol–water partition coefficient (Wildman–Crippen LogP) is 0.242. The first-order valence-electron chi connectivity index (χ1n) is 6.17. The first-order valence-corrected chi connectivity index (χ1v) is 6.17. The van der Waals surface area contributed by atoms with Crippen molar-refractivity contribution in [1.82, 2.24) is 19.8 Å². The Kier molecular flexibility index (Phi) is 3.69. The molecule has 0 unspecified atom stereocenters. The summed E-state index contributed by atoms with van der Waals surface area (Å²) in [5.41, 5.74) is 0. The minimum absolute atomic E-state index is 0.0301. The number of nitrogens with one attached hydrogen (secondary N) is 1. The van der Waals surface area contributed by atoms with Gasteiger partial charge in [-0.05, 0) is 6.08 Å². The molecule has 102 valence electrons. The first kappa shape index (κ1) is 13.3. The molecule has 1 aromatic rings. The van der Waals surface area contributed by atoms with E-state index in [-0.39, 0.29) is 23.8 Å². The molecule has 2 heterocycles. The predicted molar refractivity (Wildman–Crippen MR) is 70.0 cm³/mol. The summed E-state index contributed by atoms with van der Waals surface area (Å²) < 4.78 is 1.90. The van der Waals surface area contributed by atoms with Crippen molar-refractivity contribution < 1.29 is 9.59 Å². The average molecular weight is 262 g/mol. The molecule has 0 bridgehead atoms. The molecule has 2 amide bonds. The number of carbonyl (C=O) groups is 2. The number of imidazole rings is 1. The lowest BCUT2D eigenvalue weighted by atomic mass is 9.99. The van der Waals surface area contributed by atoms with Crippen LogP contribution in [0, 0.1) is 5.92 Å². The monoisotopic (exact) mass is 262 g/mol. The van der Waals surface area contributed by atoms with Crippen molar-refractivity contribution in [3.8, 4) is 0 Å². The Morgan fingerprint density at radius 1 is 1.63 bits per heavy atom. The number of hydrogen-bond donors (Lipinski definition) is 1. The molecule has 6 heteroatoms. The maximum absolute atomic E-state index is 11.9. The van der Waals surface area contributed by atoms with Crippen molar-refractivity contribution >= 4 is 11.8 Å². The fourth-order valence-corrected chi connectivity index (χ4v) is 2.49. The van der Waals surface area contributed by atoms with Gasteiger partial charge in [0.15, 0.2) is 0 Å². The fraction of sp³-hybridized carbons (Fsp3) is 0.462. The van der Waals surface area contributed by atoms with E-state index in [0.717, 1.165) is 5.82 Å². The van der Waals surface area contributed by atoms with E-state index in [1.54, 1.807) is 18.1 Å². The zero-order valence-corrected chi connectivity index (χ0v) is 11.2. The van der Waals surface area contributed by atoms with Crippen LogP contribution in [0.25, 0.3) is 0 Å². The lowest BCUT2D eigenvalue weighted by molar-refractivity contribution is -0.127. The van der Waals surface area contributed by atoms with Crippen LogP contribution in [-0.2, 0) is 16.6 Å². The lowest BCUT2D eigenvalue weighted by Crippen LogP contribution is -2.32. The second-order valence-corrected chi connectivity index (χ2v) is 4.76. The summed E-state index contributed by atoms with van der Waals surface area (Å²) in [5.74, 6) is 0.722. The van der Waals surface area contributed by atoms with Gasteiger partial charge in [0, 0.05) is 45.4 Å². The molecular formula is C13H18N4O2. The molecule has 0 aliphatic carbocycles. The zero-order valence-electron chi connectivity index (χ0n) is 11.2. The van der Waals surface area contributed by atoms with Crippen molar-refractivity contribution in [1.29, 1.82) is 0 Å². The number of amides is 2. The average Bonchev–Trinajstić information content (AvgIpc) is 2.92. The standard InChI is InChI=1S/C13H18N4O2/c1-4-10(18)15-8-9-7-11(19)17(3)12(9)13-14-5-6-16(13)2/h4-6,9,12H,1,7-8H2,2-3H3,(H,15,18)/t9-,12+/m1/s1. The van der Waals surface area contributed by atoms with Crippen LogP contribution >= 0.6 is 0 Å². The normalized spacial score (nSPS) is 22.6. The topological polar surface area (TPSA) is 67.2 Å². The Hall–Kier alpha value is -2.11. The summed E-state index contributed by atoms with van der Waals surface area (Å²) in [6.45, 7) is 3.86. The molecule has 1 fully saturated rings. The van der Waals surface area contributed by atoms with Gasteiger partial charge in [-0.15, -0.1) is 0 Å². The van der Waals surface area contributed by atoms with Crippen LogP contribution in [0.4, 0.5) is 0 Å². The van der Waals surface area contributed by atoms with Gasteiger partial charge in [0.25, 0.3) is 0 Å². The summed E-state index contributed by atoms with van der Waals surface area (Å²) in [6.07, 6.45) is 5.22. The van der Waals surface area contributed by atoms with Crippen molar-refractivity contribution in [3.05, 3.63) is 30.9 Å². The van der Waals surface area contributed by atoms with Crippen LogP contribution in [-0.4, -0.2) is 39.9 Å². The van der Waals surface area contributed by atoms with Gasteiger partial charge in [0.2, 0.25) is 11.8 Å². The summed E-state index contributed by atoms with van der Waals surface area (Å²) in [5, 5.41) is 2.75. The molecule has 1 saturated heterocycles. The van der Waals surface area contributed by atoms with Gasteiger partial charge >= 0.3 is 0 Å². The quantitative estimate of drug-likeness (QED) is 0.790. The van der Waals surface area contributed by atoms with Gasteiger partial charge in [0.05, 0.1) is 6.04 Å². The second kappa shape index (κ2) is 5.26. The Balaban J connectivity index is 2.17. The number of aryl methyl sites for hydroxylation is 1. The molecule has 0 radical (unpaired) electrons. The van der Waals surface area contributed by atoms with E-state index in [1.807, 2.05) is 17.8 Å². The smallest absolute Gasteiger partial charge is 0.243 e. The van der Waals surface area contributed by atoms with E-state index in [4.69, 9.17) is 0 Å². The molecule has 1 aliphatic rings. The summed E-state index contributed by atoms with van der Waals surface area (Å²) in [7, 11) is 3.68. The third kappa shape index (κ3) is 2.52. The third-order valence-corrected chi connectivity index (χ3v) is 3.54.